The van der Waals surface area contributed by atoms with Crippen molar-refractivity contribution in [3.8, 4) is 0 Å². The first-order chi connectivity index (χ1) is 12.5. The van der Waals surface area contributed by atoms with Crippen molar-refractivity contribution in [2.75, 3.05) is 6.54 Å². The zero-order valence-corrected chi connectivity index (χ0v) is 14.6. The molecule has 1 aliphatic rings. The summed E-state index contributed by atoms with van der Waals surface area (Å²) in [4.78, 5) is 38.3. The molecule has 0 spiro atoms. The van der Waals surface area contributed by atoms with Crippen LogP contribution >= 0.6 is 11.3 Å². The average Bonchev–Trinajstić information content (AvgIpc) is 3.27. The molecule has 0 saturated carbocycles. The molecular formula is C16H14N6O3S. The number of fused-ring (bicyclic) bond motifs is 2. The summed E-state index contributed by atoms with van der Waals surface area (Å²) in [6.07, 6.45) is 0.0363. The van der Waals surface area contributed by atoms with Crippen molar-refractivity contribution >= 4 is 34.0 Å². The Morgan fingerprint density at radius 1 is 1.15 bits per heavy atom. The third kappa shape index (κ3) is 2.73. The number of aryl methyl sites for hydroxylation is 1. The molecule has 2 aromatic heterocycles. The molecule has 132 valence electrons. The fourth-order valence-corrected chi connectivity index (χ4v) is 3.56. The molecule has 3 amide bonds. The largest absolute Gasteiger partial charge is 0.349 e. The third-order valence-electron chi connectivity index (χ3n) is 4.07. The van der Waals surface area contributed by atoms with Gasteiger partial charge in [-0.15, -0.1) is 10.2 Å². The van der Waals surface area contributed by atoms with E-state index in [0.29, 0.717) is 26.9 Å². The van der Waals surface area contributed by atoms with Gasteiger partial charge in [0.15, 0.2) is 5.82 Å². The van der Waals surface area contributed by atoms with Crippen molar-refractivity contribution in [3.63, 3.8) is 0 Å². The summed E-state index contributed by atoms with van der Waals surface area (Å²) in [5.74, 6) is -0.297. The number of benzene rings is 1. The van der Waals surface area contributed by atoms with Gasteiger partial charge in [-0.25, -0.2) is 0 Å². The van der Waals surface area contributed by atoms with Gasteiger partial charge in [-0.3, -0.25) is 19.3 Å². The van der Waals surface area contributed by atoms with Crippen molar-refractivity contribution in [2.45, 2.75) is 19.9 Å². The number of nitrogens with zero attached hydrogens (tertiary/aromatic N) is 5. The lowest BCUT2D eigenvalue weighted by Gasteiger charge is -2.13. The van der Waals surface area contributed by atoms with Crippen LogP contribution in [0.3, 0.4) is 0 Å². The van der Waals surface area contributed by atoms with Crippen LogP contribution in [-0.2, 0) is 11.3 Å². The molecule has 10 heteroatoms. The second-order valence-electron chi connectivity index (χ2n) is 5.77. The number of nitrogens with one attached hydrogen (secondary N) is 1. The Morgan fingerprint density at radius 3 is 2.50 bits per heavy atom. The number of imide groups is 1. The molecule has 3 aromatic rings. The van der Waals surface area contributed by atoms with Crippen LogP contribution in [0.1, 0.15) is 38.0 Å². The minimum absolute atomic E-state index is 0.0363. The Hall–Kier alpha value is -3.14. The highest BCUT2D eigenvalue weighted by molar-refractivity contribution is 7.16. The van der Waals surface area contributed by atoms with Gasteiger partial charge in [0.25, 0.3) is 11.8 Å². The van der Waals surface area contributed by atoms with Crippen molar-refractivity contribution in [1.82, 2.24) is 30.0 Å². The normalized spacial score (nSPS) is 13.5. The molecule has 0 bridgehead atoms. The first-order valence-corrected chi connectivity index (χ1v) is 8.76. The van der Waals surface area contributed by atoms with E-state index in [1.54, 1.807) is 35.7 Å². The van der Waals surface area contributed by atoms with E-state index in [1.165, 1.54) is 11.3 Å². The van der Waals surface area contributed by atoms with E-state index < -0.39 is 0 Å². The first kappa shape index (κ1) is 16.3. The minimum atomic E-state index is -0.359. The van der Waals surface area contributed by atoms with Crippen molar-refractivity contribution < 1.29 is 14.4 Å². The molecule has 1 aromatic carbocycles. The van der Waals surface area contributed by atoms with Crippen LogP contribution in [-0.4, -0.2) is 49.0 Å². The van der Waals surface area contributed by atoms with Crippen molar-refractivity contribution in [1.29, 1.82) is 0 Å². The Morgan fingerprint density at radius 2 is 1.85 bits per heavy atom. The molecule has 0 aliphatic carbocycles. The number of amides is 3. The van der Waals surface area contributed by atoms with Crippen LogP contribution in [0.15, 0.2) is 24.3 Å². The molecule has 26 heavy (non-hydrogen) atoms. The molecule has 0 unspecified atom stereocenters. The summed E-state index contributed by atoms with van der Waals surface area (Å²) < 4.78 is 1.62. The summed E-state index contributed by atoms with van der Waals surface area (Å²) in [6, 6.07) is 6.65. The van der Waals surface area contributed by atoms with Crippen LogP contribution in [0.2, 0.25) is 0 Å². The van der Waals surface area contributed by atoms with Crippen LogP contribution in [0.5, 0.6) is 0 Å². The quantitative estimate of drug-likeness (QED) is 0.665. The molecule has 4 rings (SSSR count). The third-order valence-corrected chi connectivity index (χ3v) is 4.96. The number of hydrogen-bond acceptors (Lipinski definition) is 7. The van der Waals surface area contributed by atoms with Gasteiger partial charge in [-0.2, -0.15) is 9.61 Å². The lowest BCUT2D eigenvalue weighted by Crippen LogP contribution is -2.34. The maximum Gasteiger partial charge on any atom is 0.261 e. The monoisotopic (exact) mass is 370 g/mol. The van der Waals surface area contributed by atoms with Gasteiger partial charge < -0.3 is 5.32 Å². The second kappa shape index (κ2) is 6.30. The van der Waals surface area contributed by atoms with Crippen LogP contribution < -0.4 is 5.32 Å². The maximum absolute atomic E-state index is 12.3. The summed E-state index contributed by atoms with van der Waals surface area (Å²) in [5.41, 5.74) is 0.765. The number of rotatable bonds is 5. The summed E-state index contributed by atoms with van der Waals surface area (Å²) in [7, 11) is 0. The standard InChI is InChI=1S/C16H14N6O3S/c1-9-18-19-16-22(9)20-13(26-16)8-17-12(23)6-7-21-14(24)10-4-2-3-5-11(10)15(21)25/h2-5H,6-8H2,1H3,(H,17,23). The first-order valence-electron chi connectivity index (χ1n) is 7.94. The highest BCUT2D eigenvalue weighted by Gasteiger charge is 2.34. The van der Waals surface area contributed by atoms with Gasteiger partial charge in [0, 0.05) is 13.0 Å². The SMILES string of the molecule is Cc1nnc2sc(CNC(=O)CCN3C(=O)c4ccccc4C3=O)nn12. The van der Waals surface area contributed by atoms with Crippen LogP contribution in [0, 0.1) is 6.92 Å². The smallest absolute Gasteiger partial charge is 0.261 e. The number of aromatic nitrogens is 4. The van der Waals surface area contributed by atoms with Crippen molar-refractivity contribution in [3.05, 3.63) is 46.2 Å². The predicted octanol–water partition coefficient (Wildman–Crippen LogP) is 0.797. The zero-order valence-electron chi connectivity index (χ0n) is 13.8. The van der Waals surface area contributed by atoms with Gasteiger partial charge in [-0.05, 0) is 19.1 Å². The molecule has 0 saturated heterocycles. The predicted molar refractivity (Wildman–Crippen MR) is 91.7 cm³/mol. The van der Waals surface area contributed by atoms with Gasteiger partial charge >= 0.3 is 0 Å². The fourth-order valence-electron chi connectivity index (χ4n) is 2.74. The van der Waals surface area contributed by atoms with E-state index in [2.05, 4.69) is 20.6 Å². The molecule has 1 aliphatic heterocycles. The van der Waals surface area contributed by atoms with E-state index >= 15 is 0 Å². The molecule has 0 radical (unpaired) electrons. The van der Waals surface area contributed by atoms with Crippen LogP contribution in [0.4, 0.5) is 0 Å². The van der Waals surface area contributed by atoms with E-state index in [-0.39, 0.29) is 37.2 Å². The number of hydrogen-bond donors (Lipinski definition) is 1. The molecule has 0 fully saturated rings. The van der Waals surface area contributed by atoms with Gasteiger partial charge in [0.2, 0.25) is 10.9 Å². The Balaban J connectivity index is 1.33. The summed E-state index contributed by atoms with van der Waals surface area (Å²) in [6.45, 7) is 2.10. The second-order valence-corrected chi connectivity index (χ2v) is 6.81. The number of carbonyl (C=O) groups is 3. The van der Waals surface area contributed by atoms with E-state index in [9.17, 15) is 14.4 Å². The van der Waals surface area contributed by atoms with E-state index in [4.69, 9.17) is 0 Å². The zero-order chi connectivity index (χ0) is 18.3. The highest BCUT2D eigenvalue weighted by Crippen LogP contribution is 2.22. The van der Waals surface area contributed by atoms with E-state index in [0.717, 1.165) is 4.90 Å². The molecular weight excluding hydrogens is 356 g/mol. The summed E-state index contributed by atoms with van der Waals surface area (Å²) in [5, 5.41) is 15.6. The molecule has 0 atom stereocenters. The Labute approximate surface area is 151 Å². The minimum Gasteiger partial charge on any atom is -0.349 e. The number of carbonyl (C=O) groups excluding carboxylic acids is 3. The fraction of sp³-hybridized carbons (Fsp3) is 0.250. The summed E-state index contributed by atoms with van der Waals surface area (Å²) >= 11 is 1.34. The molecule has 3 heterocycles. The average molecular weight is 370 g/mol. The topological polar surface area (TPSA) is 110 Å². The lowest BCUT2D eigenvalue weighted by molar-refractivity contribution is -0.121. The Bertz CT molecular complexity index is 1000. The van der Waals surface area contributed by atoms with Gasteiger partial charge in [0.05, 0.1) is 17.7 Å². The van der Waals surface area contributed by atoms with Crippen LogP contribution in [0.25, 0.3) is 4.96 Å². The van der Waals surface area contributed by atoms with Gasteiger partial charge in [-0.1, -0.05) is 23.5 Å². The van der Waals surface area contributed by atoms with Gasteiger partial charge in [0.1, 0.15) is 5.01 Å². The molecule has 1 N–H and O–H groups in total. The maximum atomic E-state index is 12.3. The molecule has 9 nitrogen and oxygen atoms in total. The lowest BCUT2D eigenvalue weighted by atomic mass is 10.1. The van der Waals surface area contributed by atoms with Crippen molar-refractivity contribution in [2.24, 2.45) is 0 Å². The van der Waals surface area contributed by atoms with E-state index in [1.807, 2.05) is 0 Å². The highest BCUT2D eigenvalue weighted by atomic mass is 32.1. The Kier molecular flexibility index (Phi) is 3.96.